The lowest BCUT2D eigenvalue weighted by atomic mass is 10.1. The predicted molar refractivity (Wildman–Crippen MR) is 96.6 cm³/mol. The first-order valence-corrected chi connectivity index (χ1v) is 9.58. The lowest BCUT2D eigenvalue weighted by Gasteiger charge is -2.24. The van der Waals surface area contributed by atoms with Crippen LogP contribution in [-0.2, 0) is 4.74 Å². The monoisotopic (exact) mass is 306 g/mol. The van der Waals surface area contributed by atoms with Crippen LogP contribution in [0.1, 0.15) is 26.3 Å². The van der Waals surface area contributed by atoms with Crippen LogP contribution in [0.2, 0.25) is 0 Å². The zero-order valence-electron chi connectivity index (χ0n) is 13.4. The molecule has 0 bridgehead atoms. The molecule has 0 spiro atoms. The van der Waals surface area contributed by atoms with Crippen molar-refractivity contribution in [1.29, 1.82) is 0 Å². The van der Waals surface area contributed by atoms with Gasteiger partial charge in [0.2, 0.25) is 0 Å². The summed E-state index contributed by atoms with van der Waals surface area (Å²) in [5.74, 6) is 1.04. The average Bonchev–Trinajstić information content (AvgIpc) is 2.90. The molecular weight excluding hydrogens is 284 g/mol. The van der Waals surface area contributed by atoms with Crippen LogP contribution in [0.25, 0.3) is 5.20 Å². The molecule has 2 aromatic rings. The largest absolute Gasteiger partial charge is 0.488 e. The summed E-state index contributed by atoms with van der Waals surface area (Å²) >= 11 is 0. The van der Waals surface area contributed by atoms with E-state index in [9.17, 15) is 0 Å². The summed E-state index contributed by atoms with van der Waals surface area (Å²) in [5, 5.41) is 2.83. The molecule has 0 N–H and O–H groups in total. The second kappa shape index (κ2) is 5.97. The van der Waals surface area contributed by atoms with Crippen LogP contribution >= 0.6 is 0 Å². The second-order valence-corrected chi connectivity index (χ2v) is 9.19. The Morgan fingerprint density at radius 2 is 1.41 bits per heavy atom. The normalized spacial score (nSPS) is 17.9. The first-order chi connectivity index (χ1) is 10.5. The van der Waals surface area contributed by atoms with Crippen molar-refractivity contribution in [3.8, 4) is 0 Å². The molecule has 1 aliphatic rings. The van der Waals surface area contributed by atoms with Gasteiger partial charge in [0.15, 0.2) is 0 Å². The quantitative estimate of drug-likeness (QED) is 0.779. The highest BCUT2D eigenvalue weighted by atomic mass is 28.3. The summed E-state index contributed by atoms with van der Waals surface area (Å²) in [7, 11) is -1.35. The van der Waals surface area contributed by atoms with Crippen molar-refractivity contribution in [3.05, 3.63) is 83.8 Å². The van der Waals surface area contributed by atoms with Crippen molar-refractivity contribution >= 4 is 19.2 Å². The first-order valence-electron chi connectivity index (χ1n) is 7.76. The van der Waals surface area contributed by atoms with Crippen LogP contribution in [0.5, 0.6) is 0 Å². The molecule has 2 heteroatoms. The summed E-state index contributed by atoms with van der Waals surface area (Å²) in [6, 6.07) is 21.5. The van der Waals surface area contributed by atoms with Crippen molar-refractivity contribution in [2.24, 2.45) is 0 Å². The van der Waals surface area contributed by atoms with Gasteiger partial charge >= 0.3 is 0 Å². The molecule has 1 atom stereocenters. The Morgan fingerprint density at radius 1 is 0.818 bits per heavy atom. The number of hydrogen-bond acceptors (Lipinski definition) is 1. The van der Waals surface area contributed by atoms with Crippen LogP contribution in [0.15, 0.2) is 78.2 Å². The number of benzene rings is 2. The van der Waals surface area contributed by atoms with E-state index in [0.29, 0.717) is 0 Å². The molecule has 1 aliphatic heterocycles. The van der Waals surface area contributed by atoms with E-state index in [1.54, 1.807) is 0 Å². The maximum absolute atomic E-state index is 6.24. The topological polar surface area (TPSA) is 9.23 Å². The lowest BCUT2D eigenvalue weighted by Crippen LogP contribution is -2.29. The Morgan fingerprint density at radius 3 is 2.00 bits per heavy atom. The minimum absolute atomic E-state index is 0.181. The van der Waals surface area contributed by atoms with Crippen molar-refractivity contribution in [3.63, 3.8) is 0 Å². The standard InChI is InChI=1S/C20H22OSi/c1-20(2,3)21-18-14-15-22(17-12-8-5-9-13-17)19(18)16-10-6-4-7-11-16/h4-15,22H,1-3H3. The van der Waals surface area contributed by atoms with Crippen LogP contribution in [0, 0.1) is 0 Å². The number of ether oxygens (including phenoxy) is 1. The zero-order valence-corrected chi connectivity index (χ0v) is 14.6. The van der Waals surface area contributed by atoms with Gasteiger partial charge in [-0.15, -0.1) is 0 Å². The molecule has 0 aromatic heterocycles. The van der Waals surface area contributed by atoms with E-state index in [0.717, 1.165) is 5.76 Å². The van der Waals surface area contributed by atoms with Gasteiger partial charge in [-0.05, 0) is 37.6 Å². The molecule has 0 fully saturated rings. The Balaban J connectivity index is 2.07. The second-order valence-electron chi connectivity index (χ2n) is 6.61. The van der Waals surface area contributed by atoms with E-state index < -0.39 is 8.80 Å². The van der Waals surface area contributed by atoms with E-state index in [-0.39, 0.29) is 5.60 Å². The number of hydrogen-bond donors (Lipinski definition) is 0. The molecule has 0 aliphatic carbocycles. The van der Waals surface area contributed by atoms with E-state index in [1.807, 2.05) is 0 Å². The highest BCUT2D eigenvalue weighted by molar-refractivity contribution is 6.94. The van der Waals surface area contributed by atoms with Crippen molar-refractivity contribution in [1.82, 2.24) is 0 Å². The molecule has 2 aromatic carbocycles. The smallest absolute Gasteiger partial charge is 0.131 e. The Labute approximate surface area is 134 Å². The summed E-state index contributed by atoms with van der Waals surface area (Å²) in [6.45, 7) is 6.32. The van der Waals surface area contributed by atoms with Crippen molar-refractivity contribution in [2.45, 2.75) is 26.4 Å². The third kappa shape index (κ3) is 3.23. The Bertz CT molecular complexity index is 693. The Kier molecular flexibility index (Phi) is 4.03. The highest BCUT2D eigenvalue weighted by Gasteiger charge is 2.28. The van der Waals surface area contributed by atoms with Crippen LogP contribution in [0.3, 0.4) is 0 Å². The lowest BCUT2D eigenvalue weighted by molar-refractivity contribution is 0.0618. The van der Waals surface area contributed by atoms with Gasteiger partial charge in [-0.3, -0.25) is 0 Å². The minimum atomic E-state index is -1.35. The predicted octanol–water partition coefficient (Wildman–Crippen LogP) is 4.00. The highest BCUT2D eigenvalue weighted by Crippen LogP contribution is 2.31. The van der Waals surface area contributed by atoms with E-state index in [2.05, 4.69) is 93.2 Å². The van der Waals surface area contributed by atoms with E-state index in [1.165, 1.54) is 15.9 Å². The van der Waals surface area contributed by atoms with Crippen molar-refractivity contribution in [2.75, 3.05) is 0 Å². The van der Waals surface area contributed by atoms with Gasteiger partial charge in [0.25, 0.3) is 0 Å². The third-order valence-electron chi connectivity index (χ3n) is 3.68. The minimum Gasteiger partial charge on any atom is -0.488 e. The first kappa shape index (κ1) is 14.9. The molecule has 0 saturated heterocycles. The van der Waals surface area contributed by atoms with Crippen LogP contribution in [-0.4, -0.2) is 14.4 Å². The van der Waals surface area contributed by atoms with Gasteiger partial charge in [-0.1, -0.05) is 71.5 Å². The van der Waals surface area contributed by atoms with Crippen LogP contribution in [0.4, 0.5) is 0 Å². The van der Waals surface area contributed by atoms with Gasteiger partial charge < -0.3 is 4.74 Å². The van der Waals surface area contributed by atoms with E-state index >= 15 is 0 Å². The fraction of sp³-hybridized carbons (Fsp3) is 0.200. The summed E-state index contributed by atoms with van der Waals surface area (Å²) in [5.41, 5.74) is 3.48. The molecule has 1 nitrogen and oxygen atoms in total. The molecule has 0 radical (unpaired) electrons. The van der Waals surface area contributed by atoms with Crippen molar-refractivity contribution < 1.29 is 4.74 Å². The summed E-state index contributed by atoms with van der Waals surface area (Å²) < 4.78 is 6.24. The molecule has 22 heavy (non-hydrogen) atoms. The number of allylic oxidation sites excluding steroid dienone is 1. The van der Waals surface area contributed by atoms with Gasteiger partial charge in [-0.2, -0.15) is 0 Å². The van der Waals surface area contributed by atoms with Gasteiger partial charge in [0, 0.05) is 0 Å². The maximum atomic E-state index is 6.24. The SMILES string of the molecule is CC(C)(C)OC1=C(c2ccccc2)[SiH](c2ccccc2)C=C1. The Hall–Kier alpha value is -2.06. The van der Waals surface area contributed by atoms with Crippen LogP contribution < -0.4 is 5.19 Å². The molecule has 3 rings (SSSR count). The maximum Gasteiger partial charge on any atom is 0.131 e. The van der Waals surface area contributed by atoms with E-state index in [4.69, 9.17) is 4.74 Å². The molecule has 1 unspecified atom stereocenters. The third-order valence-corrected chi connectivity index (χ3v) is 6.60. The fourth-order valence-corrected chi connectivity index (χ4v) is 5.58. The van der Waals surface area contributed by atoms with Gasteiger partial charge in [0.1, 0.15) is 20.2 Å². The average molecular weight is 306 g/mol. The molecule has 112 valence electrons. The molecule has 1 heterocycles. The molecule has 0 amide bonds. The van der Waals surface area contributed by atoms with Gasteiger partial charge in [-0.25, -0.2) is 0 Å². The molecular formula is C20H22OSi. The fourth-order valence-electron chi connectivity index (χ4n) is 2.82. The summed E-state index contributed by atoms with van der Waals surface area (Å²) in [4.78, 5) is 0. The zero-order chi connectivity index (χ0) is 15.6. The number of rotatable bonds is 3. The summed E-state index contributed by atoms with van der Waals surface area (Å²) in [6.07, 6.45) is 2.18. The molecule has 0 saturated carbocycles. The van der Waals surface area contributed by atoms with Gasteiger partial charge in [0.05, 0.1) is 0 Å².